The van der Waals surface area contributed by atoms with Gasteiger partial charge in [-0.25, -0.2) is 4.68 Å². The van der Waals surface area contributed by atoms with Crippen LogP contribution in [0.4, 0.5) is 0 Å². The molecule has 0 aliphatic heterocycles. The summed E-state index contributed by atoms with van der Waals surface area (Å²) in [6.07, 6.45) is -0.200. The lowest BCUT2D eigenvalue weighted by molar-refractivity contribution is -0.137. The molecule has 1 unspecified atom stereocenters. The van der Waals surface area contributed by atoms with Gasteiger partial charge < -0.3 is 10.4 Å². The number of carboxylic acid groups (broad SMARTS) is 1. The summed E-state index contributed by atoms with van der Waals surface area (Å²) in [5, 5.41) is 20.1. The van der Waals surface area contributed by atoms with E-state index in [1.54, 1.807) is 29.9 Å². The molecule has 146 valence electrons. The highest BCUT2D eigenvalue weighted by Crippen LogP contribution is 2.25. The Bertz CT molecular complexity index is 1020. The molecule has 0 aliphatic carbocycles. The molecular formula is C21H24N4O3. The molecule has 0 spiro atoms. The van der Waals surface area contributed by atoms with Gasteiger partial charge in [-0.05, 0) is 34.7 Å². The number of carboxylic acids is 1. The zero-order valence-corrected chi connectivity index (χ0v) is 16.4. The van der Waals surface area contributed by atoms with Crippen LogP contribution >= 0.6 is 0 Å². The summed E-state index contributed by atoms with van der Waals surface area (Å²) in [6.45, 7) is 6.34. The fourth-order valence-electron chi connectivity index (χ4n) is 3.07. The number of aliphatic carboxylic acids is 1. The maximum Gasteiger partial charge on any atom is 0.305 e. The van der Waals surface area contributed by atoms with Crippen LogP contribution in [0.2, 0.25) is 0 Å². The van der Waals surface area contributed by atoms with Gasteiger partial charge in [0.05, 0.1) is 18.0 Å². The lowest BCUT2D eigenvalue weighted by Gasteiger charge is -2.22. The first-order chi connectivity index (χ1) is 13.1. The average Bonchev–Trinajstić information content (AvgIpc) is 3.00. The molecule has 0 saturated carbocycles. The quantitative estimate of drug-likeness (QED) is 0.708. The van der Waals surface area contributed by atoms with Crippen LogP contribution in [0.3, 0.4) is 0 Å². The van der Waals surface area contributed by atoms with Gasteiger partial charge in [-0.1, -0.05) is 50.3 Å². The van der Waals surface area contributed by atoms with Crippen molar-refractivity contribution in [2.24, 2.45) is 7.05 Å². The molecule has 28 heavy (non-hydrogen) atoms. The largest absolute Gasteiger partial charge is 0.481 e. The van der Waals surface area contributed by atoms with Gasteiger partial charge in [-0.15, -0.1) is 5.10 Å². The standard InChI is InChI=1S/C21H24N4O3/c1-21(2,3)15-8-5-13(6-9-15)16(12-19(26)27)22-20(28)14-7-10-18-17(11-14)23-24-25(18)4/h5-11,16H,12H2,1-4H3,(H,22,28)(H,26,27). The van der Waals surface area contributed by atoms with Gasteiger partial charge in [0.25, 0.3) is 5.91 Å². The maximum atomic E-state index is 12.7. The van der Waals surface area contributed by atoms with E-state index in [1.807, 2.05) is 24.3 Å². The van der Waals surface area contributed by atoms with Crippen molar-refractivity contribution in [3.05, 3.63) is 59.2 Å². The van der Waals surface area contributed by atoms with Gasteiger partial charge in [-0.3, -0.25) is 9.59 Å². The smallest absolute Gasteiger partial charge is 0.305 e. The first-order valence-electron chi connectivity index (χ1n) is 9.07. The molecule has 7 nitrogen and oxygen atoms in total. The van der Waals surface area contributed by atoms with E-state index in [2.05, 4.69) is 36.4 Å². The molecule has 1 atom stereocenters. The van der Waals surface area contributed by atoms with Crippen LogP contribution in [0.15, 0.2) is 42.5 Å². The minimum atomic E-state index is -0.977. The Labute approximate surface area is 163 Å². The summed E-state index contributed by atoms with van der Waals surface area (Å²) in [4.78, 5) is 24.1. The molecule has 2 aromatic carbocycles. The fourth-order valence-corrected chi connectivity index (χ4v) is 3.07. The number of nitrogens with one attached hydrogen (secondary N) is 1. The number of aromatic nitrogens is 3. The summed E-state index contributed by atoms with van der Waals surface area (Å²) >= 11 is 0. The number of rotatable bonds is 5. The Kier molecular flexibility index (Phi) is 5.18. The first kappa shape index (κ1) is 19.5. The van der Waals surface area contributed by atoms with Crippen molar-refractivity contribution in [3.8, 4) is 0 Å². The van der Waals surface area contributed by atoms with Crippen molar-refractivity contribution in [3.63, 3.8) is 0 Å². The lowest BCUT2D eigenvalue weighted by Crippen LogP contribution is -2.30. The first-order valence-corrected chi connectivity index (χ1v) is 9.07. The highest BCUT2D eigenvalue weighted by atomic mass is 16.4. The van der Waals surface area contributed by atoms with E-state index in [9.17, 15) is 14.7 Å². The van der Waals surface area contributed by atoms with Crippen molar-refractivity contribution in [1.82, 2.24) is 20.3 Å². The number of aryl methyl sites for hydroxylation is 1. The SMILES string of the molecule is Cn1nnc2cc(C(=O)NC(CC(=O)O)c3ccc(C(C)(C)C)cc3)ccc21. The molecule has 0 saturated heterocycles. The molecule has 1 amide bonds. The van der Waals surface area contributed by atoms with E-state index < -0.39 is 12.0 Å². The third-order valence-electron chi connectivity index (χ3n) is 4.74. The summed E-state index contributed by atoms with van der Waals surface area (Å²) < 4.78 is 1.63. The molecule has 0 bridgehead atoms. The van der Waals surface area contributed by atoms with Crippen LogP contribution < -0.4 is 5.32 Å². The number of nitrogens with zero attached hydrogens (tertiary/aromatic N) is 3. The van der Waals surface area contributed by atoms with Crippen molar-refractivity contribution in [1.29, 1.82) is 0 Å². The molecule has 0 radical (unpaired) electrons. The summed E-state index contributed by atoms with van der Waals surface area (Å²) in [7, 11) is 1.78. The molecule has 2 N–H and O–H groups in total. The third-order valence-corrected chi connectivity index (χ3v) is 4.74. The van der Waals surface area contributed by atoms with Gasteiger partial charge in [-0.2, -0.15) is 0 Å². The second kappa shape index (κ2) is 7.42. The molecular weight excluding hydrogens is 356 g/mol. The zero-order chi connectivity index (χ0) is 20.5. The van der Waals surface area contributed by atoms with Crippen LogP contribution in [0, 0.1) is 0 Å². The van der Waals surface area contributed by atoms with Gasteiger partial charge in [0, 0.05) is 12.6 Å². The average molecular weight is 380 g/mol. The molecule has 0 fully saturated rings. The molecule has 3 rings (SSSR count). The number of hydrogen-bond donors (Lipinski definition) is 2. The summed E-state index contributed by atoms with van der Waals surface area (Å²) in [5.41, 5.74) is 3.73. The Morgan fingerprint density at radius 2 is 1.82 bits per heavy atom. The Morgan fingerprint density at radius 3 is 2.43 bits per heavy atom. The van der Waals surface area contributed by atoms with E-state index in [1.165, 1.54) is 0 Å². The number of hydrogen-bond acceptors (Lipinski definition) is 4. The number of benzene rings is 2. The van der Waals surface area contributed by atoms with E-state index >= 15 is 0 Å². The Hall–Kier alpha value is -3.22. The predicted octanol–water partition coefficient (Wildman–Crippen LogP) is 3.21. The van der Waals surface area contributed by atoms with E-state index in [0.29, 0.717) is 11.1 Å². The second-order valence-corrected chi connectivity index (χ2v) is 7.91. The monoisotopic (exact) mass is 380 g/mol. The normalized spacial score (nSPS) is 12.7. The van der Waals surface area contributed by atoms with Gasteiger partial charge in [0.1, 0.15) is 5.52 Å². The minimum absolute atomic E-state index is 0.00377. The molecule has 1 aromatic heterocycles. The maximum absolute atomic E-state index is 12.7. The van der Waals surface area contributed by atoms with Crippen LogP contribution in [0.5, 0.6) is 0 Å². The van der Waals surface area contributed by atoms with E-state index in [0.717, 1.165) is 16.6 Å². The van der Waals surface area contributed by atoms with Crippen molar-refractivity contribution in [2.45, 2.75) is 38.6 Å². The van der Waals surface area contributed by atoms with Gasteiger partial charge >= 0.3 is 5.97 Å². The molecule has 0 aliphatic rings. The van der Waals surface area contributed by atoms with Gasteiger partial charge in [0.2, 0.25) is 0 Å². The topological polar surface area (TPSA) is 97.1 Å². The molecule has 3 aromatic rings. The number of carbonyl (C=O) groups is 2. The number of carbonyl (C=O) groups excluding carboxylic acids is 1. The van der Waals surface area contributed by atoms with Crippen molar-refractivity contribution >= 4 is 22.9 Å². The van der Waals surface area contributed by atoms with Crippen molar-refractivity contribution in [2.75, 3.05) is 0 Å². The highest BCUT2D eigenvalue weighted by molar-refractivity contribution is 5.97. The number of amides is 1. The fraction of sp³-hybridized carbons (Fsp3) is 0.333. The van der Waals surface area contributed by atoms with Crippen molar-refractivity contribution < 1.29 is 14.7 Å². The van der Waals surface area contributed by atoms with Gasteiger partial charge in [0.15, 0.2) is 0 Å². The summed E-state index contributed by atoms with van der Waals surface area (Å²) in [5.74, 6) is -1.33. The predicted molar refractivity (Wildman–Crippen MR) is 106 cm³/mol. The second-order valence-electron chi connectivity index (χ2n) is 7.91. The third kappa shape index (κ3) is 4.19. The zero-order valence-electron chi connectivity index (χ0n) is 16.4. The van der Waals surface area contributed by atoms with Crippen LogP contribution in [0.1, 0.15) is 54.7 Å². The van der Waals surface area contributed by atoms with Crippen LogP contribution in [-0.2, 0) is 17.3 Å². The molecule has 7 heteroatoms. The van der Waals surface area contributed by atoms with E-state index in [-0.39, 0.29) is 17.7 Å². The van der Waals surface area contributed by atoms with E-state index in [4.69, 9.17) is 0 Å². The molecule has 1 heterocycles. The summed E-state index contributed by atoms with van der Waals surface area (Å²) in [6, 6.07) is 12.2. The Morgan fingerprint density at radius 1 is 1.14 bits per heavy atom. The Balaban J connectivity index is 1.84. The van der Waals surface area contributed by atoms with Crippen LogP contribution in [0.25, 0.3) is 11.0 Å². The van der Waals surface area contributed by atoms with Crippen LogP contribution in [-0.4, -0.2) is 32.0 Å². The lowest BCUT2D eigenvalue weighted by atomic mass is 9.86. The highest BCUT2D eigenvalue weighted by Gasteiger charge is 2.21. The number of fused-ring (bicyclic) bond motifs is 1. The minimum Gasteiger partial charge on any atom is -0.481 e.